The number of halogens is 1. The number of phenols is 1. The summed E-state index contributed by atoms with van der Waals surface area (Å²) in [6.07, 6.45) is 1.61. The minimum absolute atomic E-state index is 0.143. The third-order valence-corrected chi connectivity index (χ3v) is 3.53. The molecule has 0 spiro atoms. The van der Waals surface area contributed by atoms with E-state index < -0.39 is 0 Å². The molecule has 0 aliphatic rings. The predicted octanol–water partition coefficient (Wildman–Crippen LogP) is 4.48. The lowest BCUT2D eigenvalue weighted by molar-refractivity contribution is 0.304. The molecule has 1 N–H and O–H groups in total. The zero-order valence-corrected chi connectivity index (χ0v) is 11.6. The molecule has 0 fully saturated rings. The smallest absolute Gasteiger partial charge is 0.175 e. The average Bonchev–Trinajstić information content (AvgIpc) is 2.83. The van der Waals surface area contributed by atoms with E-state index in [0.29, 0.717) is 12.2 Å². The Morgan fingerprint density at radius 3 is 2.79 bits per heavy atom. The van der Waals surface area contributed by atoms with E-state index in [1.165, 1.54) is 0 Å². The first-order valence-corrected chi connectivity index (χ1v) is 6.60. The SMILES string of the molecule is Oc1cccc2c(COc3ccccc3Br)coc12. The molecule has 0 unspecified atom stereocenters. The fourth-order valence-electron chi connectivity index (χ4n) is 1.92. The number of rotatable bonds is 3. The second kappa shape index (κ2) is 4.97. The summed E-state index contributed by atoms with van der Waals surface area (Å²) >= 11 is 3.43. The van der Waals surface area contributed by atoms with Gasteiger partial charge in [0.15, 0.2) is 11.3 Å². The van der Waals surface area contributed by atoms with Crippen molar-refractivity contribution in [3.8, 4) is 11.5 Å². The first kappa shape index (κ1) is 12.1. The van der Waals surface area contributed by atoms with Crippen LogP contribution in [0.2, 0.25) is 0 Å². The van der Waals surface area contributed by atoms with E-state index in [1.54, 1.807) is 18.4 Å². The van der Waals surface area contributed by atoms with Gasteiger partial charge in [0.1, 0.15) is 12.4 Å². The van der Waals surface area contributed by atoms with E-state index in [4.69, 9.17) is 9.15 Å². The lowest BCUT2D eigenvalue weighted by atomic mass is 10.2. The van der Waals surface area contributed by atoms with Gasteiger partial charge in [0.05, 0.1) is 10.7 Å². The van der Waals surface area contributed by atoms with E-state index >= 15 is 0 Å². The van der Waals surface area contributed by atoms with Gasteiger partial charge in [-0.1, -0.05) is 24.3 Å². The molecule has 0 saturated heterocycles. The topological polar surface area (TPSA) is 42.6 Å². The van der Waals surface area contributed by atoms with Crippen LogP contribution in [0.1, 0.15) is 5.56 Å². The van der Waals surface area contributed by atoms with Crippen molar-refractivity contribution in [2.24, 2.45) is 0 Å². The fourth-order valence-corrected chi connectivity index (χ4v) is 2.32. The van der Waals surface area contributed by atoms with Gasteiger partial charge in [-0.2, -0.15) is 0 Å². The second-order valence-electron chi connectivity index (χ2n) is 4.13. The molecule has 0 aliphatic carbocycles. The second-order valence-corrected chi connectivity index (χ2v) is 4.99. The molecule has 0 atom stereocenters. The highest BCUT2D eigenvalue weighted by atomic mass is 79.9. The Bertz CT molecular complexity index is 718. The summed E-state index contributed by atoms with van der Waals surface area (Å²) < 4.78 is 12.0. The highest BCUT2D eigenvalue weighted by molar-refractivity contribution is 9.10. The van der Waals surface area contributed by atoms with Gasteiger partial charge in [0.25, 0.3) is 0 Å². The summed E-state index contributed by atoms with van der Waals surface area (Å²) in [5.41, 5.74) is 1.40. The van der Waals surface area contributed by atoms with Gasteiger partial charge in [0.2, 0.25) is 0 Å². The molecule has 3 nitrogen and oxygen atoms in total. The predicted molar refractivity (Wildman–Crippen MR) is 76.4 cm³/mol. The van der Waals surface area contributed by atoms with Crippen LogP contribution in [0.25, 0.3) is 11.0 Å². The Balaban J connectivity index is 1.87. The first-order chi connectivity index (χ1) is 9.25. The van der Waals surface area contributed by atoms with Crippen molar-refractivity contribution in [2.45, 2.75) is 6.61 Å². The quantitative estimate of drug-likeness (QED) is 0.774. The van der Waals surface area contributed by atoms with Crippen molar-refractivity contribution in [3.05, 3.63) is 58.8 Å². The summed E-state index contributed by atoms with van der Waals surface area (Å²) in [6, 6.07) is 13.0. The molecule has 0 bridgehead atoms. The molecule has 19 heavy (non-hydrogen) atoms. The van der Waals surface area contributed by atoms with Crippen molar-refractivity contribution < 1.29 is 14.3 Å². The van der Waals surface area contributed by atoms with Crippen LogP contribution in [0.3, 0.4) is 0 Å². The average molecular weight is 319 g/mol. The molecule has 1 heterocycles. The maximum absolute atomic E-state index is 9.67. The molecule has 3 aromatic rings. The van der Waals surface area contributed by atoms with E-state index in [-0.39, 0.29) is 5.75 Å². The first-order valence-electron chi connectivity index (χ1n) is 5.81. The zero-order valence-electron chi connectivity index (χ0n) is 9.97. The van der Waals surface area contributed by atoms with Crippen LogP contribution < -0.4 is 4.74 Å². The lowest BCUT2D eigenvalue weighted by Crippen LogP contribution is -1.94. The standard InChI is InChI=1S/C15H11BrO3/c16-12-5-1-2-7-14(12)18-8-10-9-19-15-11(10)4-3-6-13(15)17/h1-7,9,17H,8H2. The molecule has 2 aromatic carbocycles. The summed E-state index contributed by atoms with van der Waals surface area (Å²) in [5.74, 6) is 0.918. The molecule has 0 radical (unpaired) electrons. The molecule has 96 valence electrons. The van der Waals surface area contributed by atoms with E-state index in [1.807, 2.05) is 30.3 Å². The van der Waals surface area contributed by atoms with Crippen molar-refractivity contribution in [1.29, 1.82) is 0 Å². The van der Waals surface area contributed by atoms with Gasteiger partial charge in [0, 0.05) is 10.9 Å². The van der Waals surface area contributed by atoms with Crippen LogP contribution in [0, 0.1) is 0 Å². The number of aromatic hydroxyl groups is 1. The van der Waals surface area contributed by atoms with E-state index in [2.05, 4.69) is 15.9 Å². The molecule has 0 saturated carbocycles. The third kappa shape index (κ3) is 2.31. The van der Waals surface area contributed by atoms with Crippen molar-refractivity contribution >= 4 is 26.9 Å². The number of para-hydroxylation sites is 2. The summed E-state index contributed by atoms with van der Waals surface area (Å²) in [4.78, 5) is 0. The van der Waals surface area contributed by atoms with Gasteiger partial charge < -0.3 is 14.3 Å². The number of hydrogen-bond acceptors (Lipinski definition) is 3. The molecular weight excluding hydrogens is 308 g/mol. The van der Waals surface area contributed by atoms with Crippen LogP contribution in [-0.4, -0.2) is 5.11 Å². The Morgan fingerprint density at radius 1 is 1.11 bits per heavy atom. The van der Waals surface area contributed by atoms with Gasteiger partial charge in [-0.15, -0.1) is 0 Å². The van der Waals surface area contributed by atoms with Gasteiger partial charge in [-0.25, -0.2) is 0 Å². The summed E-state index contributed by atoms with van der Waals surface area (Å²) in [7, 11) is 0. The highest BCUT2D eigenvalue weighted by Crippen LogP contribution is 2.30. The maximum atomic E-state index is 9.67. The van der Waals surface area contributed by atoms with Crippen LogP contribution in [-0.2, 0) is 6.61 Å². The minimum Gasteiger partial charge on any atom is -0.504 e. The van der Waals surface area contributed by atoms with Crippen LogP contribution in [0.4, 0.5) is 0 Å². The molecular formula is C15H11BrO3. The molecule has 4 heteroatoms. The van der Waals surface area contributed by atoms with Crippen LogP contribution in [0.15, 0.2) is 57.6 Å². The summed E-state index contributed by atoms with van der Waals surface area (Å²) in [6.45, 7) is 0.388. The summed E-state index contributed by atoms with van der Waals surface area (Å²) in [5, 5.41) is 10.5. The lowest BCUT2D eigenvalue weighted by Gasteiger charge is -2.06. The Hall–Kier alpha value is -1.94. The monoisotopic (exact) mass is 318 g/mol. The van der Waals surface area contributed by atoms with Gasteiger partial charge in [-0.05, 0) is 34.1 Å². The largest absolute Gasteiger partial charge is 0.504 e. The van der Waals surface area contributed by atoms with Crippen molar-refractivity contribution in [3.63, 3.8) is 0 Å². The number of benzene rings is 2. The number of fused-ring (bicyclic) bond motifs is 1. The number of phenolic OH excluding ortho intramolecular Hbond substituents is 1. The minimum atomic E-state index is 0.143. The fraction of sp³-hybridized carbons (Fsp3) is 0.0667. The molecule has 0 amide bonds. The number of hydrogen-bond donors (Lipinski definition) is 1. The van der Waals surface area contributed by atoms with E-state index in [9.17, 15) is 5.11 Å². The van der Waals surface area contributed by atoms with Gasteiger partial charge in [-0.3, -0.25) is 0 Å². The number of ether oxygens (including phenoxy) is 1. The van der Waals surface area contributed by atoms with Crippen LogP contribution >= 0.6 is 15.9 Å². The van der Waals surface area contributed by atoms with Crippen molar-refractivity contribution in [2.75, 3.05) is 0 Å². The van der Waals surface area contributed by atoms with E-state index in [0.717, 1.165) is 21.2 Å². The van der Waals surface area contributed by atoms with Crippen LogP contribution in [0.5, 0.6) is 11.5 Å². The zero-order chi connectivity index (χ0) is 13.2. The third-order valence-electron chi connectivity index (χ3n) is 2.88. The molecule has 0 aliphatic heterocycles. The highest BCUT2D eigenvalue weighted by Gasteiger charge is 2.10. The Labute approximate surface area is 118 Å². The molecule has 3 rings (SSSR count). The maximum Gasteiger partial charge on any atom is 0.175 e. The van der Waals surface area contributed by atoms with Gasteiger partial charge >= 0.3 is 0 Å². The Kier molecular flexibility index (Phi) is 3.17. The normalized spacial score (nSPS) is 10.8. The van der Waals surface area contributed by atoms with Crippen molar-refractivity contribution in [1.82, 2.24) is 0 Å². The molecule has 1 aromatic heterocycles. The Morgan fingerprint density at radius 2 is 1.95 bits per heavy atom. The number of furan rings is 1.